The lowest BCUT2D eigenvalue weighted by atomic mass is 9.95. The Bertz CT molecular complexity index is 400. The van der Waals surface area contributed by atoms with Crippen LogP contribution in [0.5, 0.6) is 0 Å². The van der Waals surface area contributed by atoms with E-state index < -0.39 is 23.6 Å². The molecular formula is C22H43NO4. The molecule has 3 N–H and O–H groups in total. The average molecular weight is 386 g/mol. The van der Waals surface area contributed by atoms with Crippen LogP contribution in [-0.2, 0) is 14.3 Å². The number of hydrogen-bond acceptors (Lipinski definition) is 4. The summed E-state index contributed by atoms with van der Waals surface area (Å²) in [5.41, 5.74) is 3.88. The van der Waals surface area contributed by atoms with Crippen LogP contribution in [0, 0.1) is 5.92 Å². The molecule has 2 unspecified atom stereocenters. The second-order valence-electron chi connectivity index (χ2n) is 7.87. The van der Waals surface area contributed by atoms with Gasteiger partial charge in [-0.25, -0.2) is 4.79 Å². The van der Waals surface area contributed by atoms with Crippen molar-refractivity contribution in [2.45, 2.75) is 123 Å². The fourth-order valence-electron chi connectivity index (χ4n) is 3.18. The highest BCUT2D eigenvalue weighted by Gasteiger charge is 2.43. The Hall–Kier alpha value is -1.10. The lowest BCUT2D eigenvalue weighted by Crippen LogP contribution is -2.56. The number of hydrogen-bond donors (Lipinski definition) is 2. The van der Waals surface area contributed by atoms with Crippen LogP contribution < -0.4 is 5.73 Å². The normalized spacial score (nSPS) is 14.5. The van der Waals surface area contributed by atoms with Gasteiger partial charge in [-0.05, 0) is 12.8 Å². The van der Waals surface area contributed by atoms with E-state index in [0.29, 0.717) is 6.42 Å². The predicted molar refractivity (Wildman–Crippen MR) is 110 cm³/mol. The zero-order valence-corrected chi connectivity index (χ0v) is 17.9. The molecule has 0 fully saturated rings. The highest BCUT2D eigenvalue weighted by molar-refractivity contribution is 5.81. The van der Waals surface area contributed by atoms with E-state index in [1.54, 1.807) is 6.92 Å². The first-order valence-corrected chi connectivity index (χ1v) is 11.1. The molecule has 160 valence electrons. The fraction of sp³-hybridized carbons (Fsp3) is 0.909. The van der Waals surface area contributed by atoms with Crippen LogP contribution in [0.3, 0.4) is 0 Å². The van der Waals surface area contributed by atoms with Crippen LogP contribution in [-0.4, -0.2) is 22.8 Å². The maximum absolute atomic E-state index is 11.9. The average Bonchev–Trinajstić information content (AvgIpc) is 2.64. The molecule has 0 rings (SSSR count). The van der Waals surface area contributed by atoms with Gasteiger partial charge in [0.15, 0.2) is 0 Å². The van der Waals surface area contributed by atoms with E-state index in [2.05, 4.69) is 6.92 Å². The van der Waals surface area contributed by atoms with Gasteiger partial charge in [0.05, 0.1) is 0 Å². The molecule has 0 saturated carbocycles. The maximum atomic E-state index is 11.9. The van der Waals surface area contributed by atoms with Gasteiger partial charge in [-0.2, -0.15) is 0 Å². The summed E-state index contributed by atoms with van der Waals surface area (Å²) < 4.78 is 5.10. The van der Waals surface area contributed by atoms with Crippen LogP contribution in [0.4, 0.5) is 0 Å². The predicted octanol–water partition coefficient (Wildman–Crippen LogP) is 5.80. The SMILES string of the molecule is CCCCCCCCCCCCCCCC(=O)OC(N)(C(=O)O)C(C)CC. The van der Waals surface area contributed by atoms with Crippen molar-refractivity contribution in [3.8, 4) is 0 Å². The molecule has 0 spiro atoms. The van der Waals surface area contributed by atoms with Gasteiger partial charge in [0.2, 0.25) is 0 Å². The van der Waals surface area contributed by atoms with Crippen LogP contribution in [0.2, 0.25) is 0 Å². The van der Waals surface area contributed by atoms with E-state index in [1.807, 2.05) is 6.92 Å². The van der Waals surface area contributed by atoms with E-state index in [0.717, 1.165) is 19.3 Å². The zero-order valence-electron chi connectivity index (χ0n) is 17.9. The summed E-state index contributed by atoms with van der Waals surface area (Å²) in [7, 11) is 0. The first-order chi connectivity index (χ1) is 12.9. The maximum Gasteiger partial charge on any atom is 0.364 e. The Morgan fingerprint density at radius 3 is 1.63 bits per heavy atom. The Morgan fingerprint density at radius 1 is 0.852 bits per heavy atom. The van der Waals surface area contributed by atoms with Crippen molar-refractivity contribution >= 4 is 11.9 Å². The summed E-state index contributed by atoms with van der Waals surface area (Å²) in [5, 5.41) is 9.26. The lowest BCUT2D eigenvalue weighted by molar-refractivity contribution is -0.185. The zero-order chi connectivity index (χ0) is 20.5. The minimum absolute atomic E-state index is 0.237. The molecule has 0 bridgehead atoms. The van der Waals surface area contributed by atoms with E-state index in [-0.39, 0.29) is 6.42 Å². The number of ether oxygens (including phenoxy) is 1. The topological polar surface area (TPSA) is 89.6 Å². The van der Waals surface area contributed by atoms with Crippen LogP contribution >= 0.6 is 0 Å². The second kappa shape index (κ2) is 15.9. The van der Waals surface area contributed by atoms with E-state index >= 15 is 0 Å². The number of carbonyl (C=O) groups excluding carboxylic acids is 1. The van der Waals surface area contributed by atoms with Gasteiger partial charge in [-0.3, -0.25) is 10.5 Å². The Kier molecular flexibility index (Phi) is 15.3. The molecule has 0 aliphatic heterocycles. The third-order valence-corrected chi connectivity index (χ3v) is 5.45. The molecule has 27 heavy (non-hydrogen) atoms. The number of esters is 1. The molecule has 5 nitrogen and oxygen atoms in total. The van der Waals surface area contributed by atoms with Crippen LogP contribution in [0.25, 0.3) is 0 Å². The van der Waals surface area contributed by atoms with Gasteiger partial charge in [-0.15, -0.1) is 0 Å². The van der Waals surface area contributed by atoms with Crippen LogP contribution in [0.1, 0.15) is 117 Å². The smallest absolute Gasteiger partial charge is 0.364 e. The van der Waals surface area contributed by atoms with Gasteiger partial charge >= 0.3 is 11.9 Å². The number of carboxylic acids is 1. The van der Waals surface area contributed by atoms with Gasteiger partial charge in [0.1, 0.15) is 0 Å². The molecule has 0 aromatic rings. The number of carbonyl (C=O) groups is 2. The van der Waals surface area contributed by atoms with Crippen molar-refractivity contribution < 1.29 is 19.4 Å². The Labute approximate surface area is 166 Å². The Morgan fingerprint density at radius 2 is 1.26 bits per heavy atom. The molecule has 2 atom stereocenters. The van der Waals surface area contributed by atoms with Crippen molar-refractivity contribution in [3.63, 3.8) is 0 Å². The van der Waals surface area contributed by atoms with Crippen molar-refractivity contribution in [2.24, 2.45) is 11.7 Å². The summed E-state index contributed by atoms with van der Waals surface area (Å²) in [4.78, 5) is 23.3. The quantitative estimate of drug-likeness (QED) is 0.177. The monoisotopic (exact) mass is 385 g/mol. The summed E-state index contributed by atoms with van der Waals surface area (Å²) in [6.45, 7) is 5.76. The first-order valence-electron chi connectivity index (χ1n) is 11.1. The molecule has 0 heterocycles. The van der Waals surface area contributed by atoms with Gasteiger partial charge in [0, 0.05) is 12.3 Å². The fourth-order valence-corrected chi connectivity index (χ4v) is 3.18. The second-order valence-corrected chi connectivity index (χ2v) is 7.87. The van der Waals surface area contributed by atoms with Gasteiger partial charge < -0.3 is 9.84 Å². The first kappa shape index (κ1) is 25.9. The van der Waals surface area contributed by atoms with E-state index in [9.17, 15) is 14.7 Å². The summed E-state index contributed by atoms with van der Waals surface area (Å²) in [5.74, 6) is -2.22. The molecule has 5 heteroatoms. The summed E-state index contributed by atoms with van der Waals surface area (Å²) in [6, 6.07) is 0. The highest BCUT2D eigenvalue weighted by atomic mass is 16.6. The standard InChI is InChI=1S/C22H43NO4/c1-4-6-7-8-9-10-11-12-13-14-15-16-17-18-20(24)27-22(23,21(25)26)19(3)5-2/h19H,4-18,23H2,1-3H3,(H,25,26). The molecular weight excluding hydrogens is 342 g/mol. The summed E-state index contributed by atoms with van der Waals surface area (Å²) >= 11 is 0. The molecule has 0 aromatic carbocycles. The highest BCUT2D eigenvalue weighted by Crippen LogP contribution is 2.21. The number of aliphatic carboxylic acids is 1. The number of carboxylic acid groups (broad SMARTS) is 1. The lowest BCUT2D eigenvalue weighted by Gasteiger charge is -2.30. The van der Waals surface area contributed by atoms with E-state index in [1.165, 1.54) is 64.2 Å². The largest absolute Gasteiger partial charge is 0.477 e. The van der Waals surface area contributed by atoms with Crippen LogP contribution in [0.15, 0.2) is 0 Å². The minimum atomic E-state index is -1.91. The van der Waals surface area contributed by atoms with Crippen molar-refractivity contribution in [1.82, 2.24) is 0 Å². The van der Waals surface area contributed by atoms with E-state index in [4.69, 9.17) is 10.5 Å². The van der Waals surface area contributed by atoms with Crippen molar-refractivity contribution in [1.29, 1.82) is 0 Å². The molecule has 0 aromatic heterocycles. The molecule has 0 radical (unpaired) electrons. The van der Waals surface area contributed by atoms with Gasteiger partial charge in [-0.1, -0.05) is 97.8 Å². The third-order valence-electron chi connectivity index (χ3n) is 5.45. The molecule has 0 aliphatic rings. The number of nitrogens with two attached hydrogens (primary N) is 1. The molecule has 0 amide bonds. The van der Waals surface area contributed by atoms with Crippen molar-refractivity contribution in [2.75, 3.05) is 0 Å². The third kappa shape index (κ3) is 12.1. The van der Waals surface area contributed by atoms with Gasteiger partial charge in [0.25, 0.3) is 5.72 Å². The molecule has 0 saturated heterocycles. The molecule has 0 aliphatic carbocycles. The number of rotatable bonds is 18. The minimum Gasteiger partial charge on any atom is -0.477 e. The van der Waals surface area contributed by atoms with Crippen molar-refractivity contribution in [3.05, 3.63) is 0 Å². The Balaban J connectivity index is 3.64. The number of unbranched alkanes of at least 4 members (excludes halogenated alkanes) is 12. The summed E-state index contributed by atoms with van der Waals surface area (Å²) in [6.07, 6.45) is 16.9.